The van der Waals surface area contributed by atoms with Crippen molar-refractivity contribution in [3.05, 3.63) is 54.1 Å². The van der Waals surface area contributed by atoms with Crippen LogP contribution in [0.1, 0.15) is 30.6 Å². The smallest absolute Gasteiger partial charge is 0.255 e. The maximum atomic E-state index is 12.2. The molecule has 0 heterocycles. The Morgan fingerprint density at radius 1 is 1.09 bits per heavy atom. The predicted octanol–water partition coefficient (Wildman–Crippen LogP) is 4.37. The summed E-state index contributed by atoms with van der Waals surface area (Å²) in [5.41, 5.74) is 1.29. The highest BCUT2D eigenvalue weighted by molar-refractivity contribution is 6.04. The summed E-state index contributed by atoms with van der Waals surface area (Å²) in [6, 6.07) is 14.4. The Balaban J connectivity index is 1.94. The van der Waals surface area contributed by atoms with Crippen molar-refractivity contribution in [1.29, 1.82) is 0 Å². The average molecular weight is 313 g/mol. The number of nitrogens with one attached hydrogen (secondary N) is 1. The zero-order valence-electron chi connectivity index (χ0n) is 13.8. The van der Waals surface area contributed by atoms with Gasteiger partial charge < -0.3 is 14.8 Å². The van der Waals surface area contributed by atoms with Crippen LogP contribution in [0.2, 0.25) is 0 Å². The standard InChI is InChI=1S/C19H23NO3/c1-14(2)11-12-23-17-9-7-15(8-10-17)19(21)20-16-5-4-6-18(13-16)22-3/h4-10,13-14H,11-12H2,1-3H3,(H,20,21). The monoisotopic (exact) mass is 313 g/mol. The maximum Gasteiger partial charge on any atom is 0.255 e. The number of carbonyl (C=O) groups excluding carboxylic acids is 1. The Morgan fingerprint density at radius 3 is 2.48 bits per heavy atom. The molecule has 0 fully saturated rings. The van der Waals surface area contributed by atoms with Gasteiger partial charge in [0.15, 0.2) is 0 Å². The number of anilines is 1. The fraction of sp³-hybridized carbons (Fsp3) is 0.316. The van der Waals surface area contributed by atoms with Crippen LogP contribution in [0.4, 0.5) is 5.69 Å². The molecule has 0 aliphatic rings. The Kier molecular flexibility index (Phi) is 6.03. The van der Waals surface area contributed by atoms with Crippen LogP contribution in [0.15, 0.2) is 48.5 Å². The number of methoxy groups -OCH3 is 1. The summed E-state index contributed by atoms with van der Waals surface area (Å²) < 4.78 is 10.8. The second-order valence-electron chi connectivity index (χ2n) is 5.74. The molecule has 2 rings (SSSR count). The first-order valence-electron chi connectivity index (χ1n) is 7.76. The zero-order chi connectivity index (χ0) is 16.7. The number of amides is 1. The lowest BCUT2D eigenvalue weighted by Gasteiger charge is -2.09. The molecule has 0 spiro atoms. The Hall–Kier alpha value is -2.49. The normalized spacial score (nSPS) is 10.4. The average Bonchev–Trinajstić information content (AvgIpc) is 2.55. The maximum absolute atomic E-state index is 12.2. The van der Waals surface area contributed by atoms with E-state index < -0.39 is 0 Å². The minimum Gasteiger partial charge on any atom is -0.497 e. The highest BCUT2D eigenvalue weighted by Crippen LogP contribution is 2.18. The summed E-state index contributed by atoms with van der Waals surface area (Å²) in [5, 5.41) is 2.85. The van der Waals surface area contributed by atoms with Crippen LogP contribution in [-0.4, -0.2) is 19.6 Å². The van der Waals surface area contributed by atoms with Crippen LogP contribution < -0.4 is 14.8 Å². The van der Waals surface area contributed by atoms with Gasteiger partial charge in [-0.2, -0.15) is 0 Å². The van der Waals surface area contributed by atoms with E-state index in [0.29, 0.717) is 29.5 Å². The molecular weight excluding hydrogens is 290 g/mol. The first-order chi connectivity index (χ1) is 11.1. The molecule has 23 heavy (non-hydrogen) atoms. The highest BCUT2D eigenvalue weighted by atomic mass is 16.5. The van der Waals surface area contributed by atoms with Crippen LogP contribution in [0, 0.1) is 5.92 Å². The molecule has 0 radical (unpaired) electrons. The van der Waals surface area contributed by atoms with Gasteiger partial charge in [-0.3, -0.25) is 4.79 Å². The van der Waals surface area contributed by atoms with Gasteiger partial charge in [-0.25, -0.2) is 0 Å². The first-order valence-corrected chi connectivity index (χ1v) is 7.76. The molecule has 0 atom stereocenters. The molecule has 0 bridgehead atoms. The molecule has 0 unspecified atom stereocenters. The number of ether oxygens (including phenoxy) is 2. The number of hydrogen-bond donors (Lipinski definition) is 1. The van der Waals surface area contributed by atoms with Gasteiger partial charge in [-0.05, 0) is 48.7 Å². The van der Waals surface area contributed by atoms with E-state index in [9.17, 15) is 4.79 Å². The fourth-order valence-electron chi connectivity index (χ4n) is 2.02. The van der Waals surface area contributed by atoms with E-state index in [0.717, 1.165) is 12.2 Å². The van der Waals surface area contributed by atoms with Gasteiger partial charge >= 0.3 is 0 Å². The Bertz CT molecular complexity index is 635. The molecule has 4 nitrogen and oxygen atoms in total. The van der Waals surface area contributed by atoms with Gasteiger partial charge in [0.1, 0.15) is 11.5 Å². The predicted molar refractivity (Wildman–Crippen MR) is 92.3 cm³/mol. The summed E-state index contributed by atoms with van der Waals surface area (Å²) in [4.78, 5) is 12.2. The van der Waals surface area contributed by atoms with Crippen molar-refractivity contribution in [1.82, 2.24) is 0 Å². The second kappa shape index (κ2) is 8.22. The molecule has 122 valence electrons. The fourth-order valence-corrected chi connectivity index (χ4v) is 2.02. The van der Waals surface area contributed by atoms with Crippen molar-refractivity contribution in [2.45, 2.75) is 20.3 Å². The van der Waals surface area contributed by atoms with E-state index in [1.807, 2.05) is 30.3 Å². The minimum atomic E-state index is -0.160. The SMILES string of the molecule is COc1cccc(NC(=O)c2ccc(OCCC(C)C)cc2)c1. The summed E-state index contributed by atoms with van der Waals surface area (Å²) in [6.07, 6.45) is 1.01. The molecule has 0 aromatic heterocycles. The zero-order valence-corrected chi connectivity index (χ0v) is 13.8. The van der Waals surface area contributed by atoms with E-state index in [1.54, 1.807) is 25.3 Å². The van der Waals surface area contributed by atoms with Crippen molar-refractivity contribution < 1.29 is 14.3 Å². The molecule has 1 N–H and O–H groups in total. The summed E-state index contributed by atoms with van der Waals surface area (Å²) in [5.74, 6) is 1.94. The van der Waals surface area contributed by atoms with Gasteiger partial charge in [0, 0.05) is 17.3 Å². The lowest BCUT2D eigenvalue weighted by atomic mass is 10.1. The van der Waals surface area contributed by atoms with Crippen LogP contribution in [0.3, 0.4) is 0 Å². The summed E-state index contributed by atoms with van der Waals surface area (Å²) in [6.45, 7) is 5.01. The molecular formula is C19H23NO3. The quantitative estimate of drug-likeness (QED) is 0.825. The van der Waals surface area contributed by atoms with Gasteiger partial charge in [0.2, 0.25) is 0 Å². The van der Waals surface area contributed by atoms with E-state index in [1.165, 1.54) is 0 Å². The molecule has 4 heteroatoms. The highest BCUT2D eigenvalue weighted by Gasteiger charge is 2.07. The van der Waals surface area contributed by atoms with E-state index in [4.69, 9.17) is 9.47 Å². The molecule has 0 aliphatic carbocycles. The van der Waals surface area contributed by atoms with Crippen molar-refractivity contribution in [3.8, 4) is 11.5 Å². The largest absolute Gasteiger partial charge is 0.497 e. The van der Waals surface area contributed by atoms with Crippen LogP contribution >= 0.6 is 0 Å². The van der Waals surface area contributed by atoms with E-state index in [2.05, 4.69) is 19.2 Å². The Morgan fingerprint density at radius 2 is 1.83 bits per heavy atom. The lowest BCUT2D eigenvalue weighted by molar-refractivity contribution is 0.102. The molecule has 0 saturated heterocycles. The van der Waals surface area contributed by atoms with Gasteiger partial charge in [0.25, 0.3) is 5.91 Å². The third-order valence-electron chi connectivity index (χ3n) is 3.41. The van der Waals surface area contributed by atoms with Gasteiger partial charge in [-0.15, -0.1) is 0 Å². The van der Waals surface area contributed by atoms with Crippen LogP contribution in [0.25, 0.3) is 0 Å². The third kappa shape index (κ3) is 5.33. The van der Waals surface area contributed by atoms with Crippen LogP contribution in [0.5, 0.6) is 11.5 Å². The topological polar surface area (TPSA) is 47.6 Å². The van der Waals surface area contributed by atoms with E-state index in [-0.39, 0.29) is 5.91 Å². The number of carbonyl (C=O) groups is 1. The van der Waals surface area contributed by atoms with E-state index >= 15 is 0 Å². The summed E-state index contributed by atoms with van der Waals surface area (Å²) in [7, 11) is 1.60. The summed E-state index contributed by atoms with van der Waals surface area (Å²) >= 11 is 0. The van der Waals surface area contributed by atoms with Crippen molar-refractivity contribution in [2.75, 3.05) is 19.0 Å². The second-order valence-corrected chi connectivity index (χ2v) is 5.74. The van der Waals surface area contributed by atoms with Crippen molar-refractivity contribution in [2.24, 2.45) is 5.92 Å². The molecule has 1 amide bonds. The molecule has 2 aromatic carbocycles. The Labute approximate surface area is 137 Å². The van der Waals surface area contributed by atoms with Crippen molar-refractivity contribution in [3.63, 3.8) is 0 Å². The number of hydrogen-bond acceptors (Lipinski definition) is 3. The molecule has 2 aromatic rings. The minimum absolute atomic E-state index is 0.160. The van der Waals surface area contributed by atoms with Crippen LogP contribution in [-0.2, 0) is 0 Å². The molecule has 0 saturated carbocycles. The third-order valence-corrected chi connectivity index (χ3v) is 3.41. The van der Waals surface area contributed by atoms with Crippen molar-refractivity contribution >= 4 is 11.6 Å². The number of rotatable bonds is 7. The van der Waals surface area contributed by atoms with Gasteiger partial charge in [0.05, 0.1) is 13.7 Å². The molecule has 0 aliphatic heterocycles. The van der Waals surface area contributed by atoms with Gasteiger partial charge in [-0.1, -0.05) is 19.9 Å². The number of benzene rings is 2. The lowest BCUT2D eigenvalue weighted by Crippen LogP contribution is -2.11. The first kappa shape index (κ1) is 16.9.